The van der Waals surface area contributed by atoms with E-state index in [0.29, 0.717) is 6.42 Å². The van der Waals surface area contributed by atoms with Crippen LogP contribution in [0.4, 0.5) is 0 Å². The molecule has 15 atom stereocenters. The van der Waals surface area contributed by atoms with Crippen LogP contribution in [0.15, 0.2) is 72.4 Å². The number of unbranched alkanes of at least 4 members (excludes halogenated alkanes) is 5. The van der Waals surface area contributed by atoms with Crippen LogP contribution in [0.3, 0.4) is 0 Å². The second-order valence-corrected chi connectivity index (χ2v) is 23.3. The lowest BCUT2D eigenvalue weighted by atomic mass is 9.97. The van der Waals surface area contributed by atoms with Gasteiger partial charge < -0.3 is 115 Å². The maximum Gasteiger partial charge on any atom is 0.268 e. The number of carbonyl (C=O) groups is 12. The zero-order valence-corrected chi connectivity index (χ0v) is 54.1. The monoisotopic (exact) mass is 1360 g/mol. The van der Waals surface area contributed by atoms with Crippen LogP contribution < -0.4 is 64.6 Å². The number of aromatic amines is 1. The smallest absolute Gasteiger partial charge is 0.268 e. The molecule has 1 fully saturated rings. The number of amides is 12. The van der Waals surface area contributed by atoms with Gasteiger partial charge in [-0.1, -0.05) is 75.1 Å². The van der Waals surface area contributed by atoms with E-state index in [1.165, 1.54) is 44.2 Å². The number of aromatic nitrogens is 2. The number of nitrogens with zero attached hydrogens (tertiary/aromatic N) is 1. The summed E-state index contributed by atoms with van der Waals surface area (Å²) >= 11 is 0. The number of carbonyl (C=O) groups excluding carboxylic acids is 12. The lowest BCUT2D eigenvalue weighted by molar-refractivity contribution is -0.283. The number of ether oxygens (including phenoxy) is 2. The SMILES string of the molecule is C/C=C1/NC(=O)C2Cc3ccc(O)c(c3)-c3nc[nH]c3C[C@H](NC(=O)C(CCC(N)=O)NC(=O)CNC(=O)C([C@@H](O)CC(N)=O)NC1=O)C(=O)N[C@H](C)[C@H](NC(=O)/C(=C\C)NC(=O)[C@@H](O)[C@@H](/C=C/C=C/CCCCCCC)OC1OC[C@@H](O)[C@H](O)[C@@H]1O)C(=O)N[C@H]([C@@H](C)O)C(=O)N2. The van der Waals surface area contributed by atoms with Crippen LogP contribution in [0.25, 0.3) is 11.3 Å². The highest BCUT2D eigenvalue weighted by atomic mass is 16.7. The summed E-state index contributed by atoms with van der Waals surface area (Å²) in [6.07, 6.45) is -3.03. The minimum atomic E-state index is -2.25. The topological polar surface area (TPSA) is 566 Å². The van der Waals surface area contributed by atoms with E-state index in [-0.39, 0.29) is 22.5 Å². The Balaban J connectivity index is 1.63. The Bertz CT molecular complexity index is 3300. The predicted molar refractivity (Wildman–Crippen MR) is 339 cm³/mol. The van der Waals surface area contributed by atoms with Crippen LogP contribution in [0.1, 0.15) is 104 Å². The van der Waals surface area contributed by atoms with Crippen LogP contribution in [-0.2, 0) is 79.8 Å². The van der Waals surface area contributed by atoms with Crippen molar-refractivity contribution in [2.24, 2.45) is 11.5 Å². The fourth-order valence-electron chi connectivity index (χ4n) is 10.2. The normalized spacial score (nSPS) is 26.3. The summed E-state index contributed by atoms with van der Waals surface area (Å²) in [7, 11) is 0. The third-order valence-electron chi connectivity index (χ3n) is 15.7. The fraction of sp³-hybridized carbons (Fsp3) is 0.532. The number of aromatic hydroxyl groups is 1. The van der Waals surface area contributed by atoms with Crippen LogP contribution in [0.2, 0.25) is 0 Å². The number of nitrogens with two attached hydrogens (primary N) is 2. The van der Waals surface area contributed by atoms with Crippen molar-refractivity contribution in [2.75, 3.05) is 13.2 Å². The molecule has 3 aliphatic heterocycles. The molecule has 35 nitrogen and oxygen atoms in total. The molecule has 1 aromatic carbocycles. The van der Waals surface area contributed by atoms with Gasteiger partial charge in [0.15, 0.2) is 12.4 Å². The van der Waals surface area contributed by atoms with Gasteiger partial charge in [-0.15, -0.1) is 0 Å². The van der Waals surface area contributed by atoms with Crippen LogP contribution >= 0.6 is 0 Å². The van der Waals surface area contributed by atoms with Crippen molar-refractivity contribution >= 4 is 70.9 Å². The Morgan fingerprint density at radius 2 is 1.51 bits per heavy atom. The molecular formula is C62H88N14O21. The number of imidazole rings is 1. The van der Waals surface area contributed by atoms with E-state index < -0.39 is 225 Å². The van der Waals surface area contributed by atoms with E-state index in [0.717, 1.165) is 64.4 Å². The number of hydrogen-bond donors (Lipinski definition) is 20. The highest BCUT2D eigenvalue weighted by molar-refractivity contribution is 6.04. The van der Waals surface area contributed by atoms with E-state index in [2.05, 4.69) is 70.1 Å². The van der Waals surface area contributed by atoms with Gasteiger partial charge in [-0.2, -0.15) is 0 Å². The zero-order valence-electron chi connectivity index (χ0n) is 54.1. The third kappa shape index (κ3) is 23.1. The minimum Gasteiger partial charge on any atom is -0.507 e. The number of H-pyrrole nitrogens is 1. The first-order chi connectivity index (χ1) is 46.0. The molecule has 5 rings (SSSR count). The lowest BCUT2D eigenvalue weighted by Gasteiger charge is -2.36. The van der Waals surface area contributed by atoms with Crippen molar-refractivity contribution in [3.8, 4) is 17.0 Å². The summed E-state index contributed by atoms with van der Waals surface area (Å²) in [6, 6.07) is -9.64. The van der Waals surface area contributed by atoms with Crippen molar-refractivity contribution in [1.29, 1.82) is 0 Å². The Labute approximate surface area is 556 Å². The van der Waals surface area contributed by atoms with Crippen molar-refractivity contribution in [3.05, 3.63) is 83.6 Å². The Morgan fingerprint density at radius 3 is 2.18 bits per heavy atom. The minimum absolute atomic E-state index is 0.00419. The molecule has 12 amide bonds. The van der Waals surface area contributed by atoms with Gasteiger partial charge >= 0.3 is 0 Å². The van der Waals surface area contributed by atoms with E-state index in [4.69, 9.17) is 20.9 Å². The lowest BCUT2D eigenvalue weighted by Crippen LogP contribution is -2.64. The number of fused-ring (bicyclic) bond motifs is 2. The number of allylic oxidation sites excluding steroid dienone is 5. The molecule has 1 aromatic heterocycles. The molecule has 22 N–H and O–H groups in total. The van der Waals surface area contributed by atoms with Gasteiger partial charge in [0.05, 0.1) is 49.8 Å². The van der Waals surface area contributed by atoms with Gasteiger partial charge in [0.25, 0.3) is 17.7 Å². The molecule has 35 heteroatoms. The maximum atomic E-state index is 15.0. The summed E-state index contributed by atoms with van der Waals surface area (Å²) in [5.74, 6) is -15.2. The standard InChI is InChI=1S/C62H88N14O21/c1-6-9-10-11-12-13-14-15-16-17-42(97-62-52(86)50(84)41(80)27-96-62)51(85)61(95)71-34(8-3)53(87)74-46-29(4)68-56(90)38-24-36-48(67-28-66-36)32-22-31(18-20-39(32)78)23-37(73-60(94)47(30(5)77)75-59(46)93)57(91)70-33(7-2)54(88)76-49(40(79)25-44(64)82)58(92)65-26-45(83)69-35(55(89)72-38)19-21-43(63)81/h7-8,14-18,20,22,28-30,35,37-38,40-42,46-47,49-52,62,77-80,84-86H,6,9-13,19,21,23-27H2,1-5H3,(H2,63,81)(H2,64,82)(H,65,92)(H,66,67)(H,68,90)(H,69,83)(H,70,91)(H,71,95)(H,72,89)(H,73,94)(H,74,87)(H,75,93)(H,76,88)/b15-14+,17-16+,33-7+,34-8+/t29-,30-,35?,37?,38+,40+,41-,42-,46+,47-,49?,50+,51+,52+,62?/m1/s1. The van der Waals surface area contributed by atoms with Crippen molar-refractivity contribution in [2.45, 2.75) is 197 Å². The average Bonchev–Trinajstić information content (AvgIpc) is 1.80. The highest BCUT2D eigenvalue weighted by Crippen LogP contribution is 2.32. The fourth-order valence-corrected chi connectivity index (χ4v) is 10.2. The van der Waals surface area contributed by atoms with E-state index >= 15 is 0 Å². The molecule has 2 aromatic rings. The number of aliphatic hydroxyl groups is 6. The quantitative estimate of drug-likeness (QED) is 0.0296. The van der Waals surface area contributed by atoms with Gasteiger partial charge in [-0.05, 0) is 64.7 Å². The summed E-state index contributed by atoms with van der Waals surface area (Å²) in [5, 5.41) is 99.7. The van der Waals surface area contributed by atoms with Crippen LogP contribution in [0.5, 0.6) is 5.75 Å². The third-order valence-corrected chi connectivity index (χ3v) is 15.7. The number of nitrogens with one attached hydrogen (secondary N) is 11. The Hall–Kier alpha value is -9.49. The second-order valence-electron chi connectivity index (χ2n) is 23.3. The number of aliphatic hydroxyl groups excluding tert-OH is 6. The highest BCUT2D eigenvalue weighted by Gasteiger charge is 2.43. The average molecular weight is 1370 g/mol. The molecule has 4 unspecified atom stereocenters. The first-order valence-electron chi connectivity index (χ1n) is 31.4. The van der Waals surface area contributed by atoms with Crippen LogP contribution in [0, 0.1) is 0 Å². The maximum absolute atomic E-state index is 15.0. The number of rotatable bonds is 22. The molecule has 1 saturated heterocycles. The largest absolute Gasteiger partial charge is 0.507 e. The Kier molecular flexibility index (Phi) is 30.4. The molecule has 0 saturated carbocycles. The van der Waals surface area contributed by atoms with E-state index in [1.807, 2.05) is 6.08 Å². The Morgan fingerprint density at radius 1 is 0.804 bits per heavy atom. The first kappa shape index (κ1) is 78.2. The predicted octanol–water partition coefficient (Wildman–Crippen LogP) is -6.00. The molecule has 97 heavy (non-hydrogen) atoms. The van der Waals surface area contributed by atoms with Gasteiger partial charge in [0, 0.05) is 30.5 Å². The second kappa shape index (κ2) is 37.7. The number of benzene rings is 1. The molecule has 532 valence electrons. The van der Waals surface area contributed by atoms with Gasteiger partial charge in [0.2, 0.25) is 53.2 Å². The first-order valence-corrected chi connectivity index (χ1v) is 31.4. The molecule has 0 aliphatic carbocycles. The van der Waals surface area contributed by atoms with Crippen molar-refractivity contribution in [3.63, 3.8) is 0 Å². The summed E-state index contributed by atoms with van der Waals surface area (Å²) in [4.78, 5) is 175. The number of phenolic OH excluding ortho intramolecular Hbond substituents is 1. The number of primary amides is 2. The molecule has 3 aliphatic rings. The number of phenols is 1. The van der Waals surface area contributed by atoms with E-state index in [9.17, 15) is 93.3 Å². The van der Waals surface area contributed by atoms with E-state index in [1.54, 1.807) is 6.08 Å². The van der Waals surface area contributed by atoms with Crippen LogP contribution in [-0.4, -0.2) is 221 Å². The molecule has 0 radical (unpaired) electrons. The summed E-state index contributed by atoms with van der Waals surface area (Å²) < 4.78 is 11.1. The van der Waals surface area contributed by atoms with Gasteiger partial charge in [0.1, 0.15) is 77.8 Å². The summed E-state index contributed by atoms with van der Waals surface area (Å²) in [6.45, 7) is 5.26. The molecule has 4 bridgehead atoms. The molecular weight excluding hydrogens is 1280 g/mol. The summed E-state index contributed by atoms with van der Waals surface area (Å²) in [5.41, 5.74) is 9.41. The molecule has 0 spiro atoms. The van der Waals surface area contributed by atoms with Gasteiger partial charge in [-0.25, -0.2) is 4.98 Å². The molecule has 4 heterocycles. The van der Waals surface area contributed by atoms with Crippen molar-refractivity contribution < 1.29 is 103 Å². The number of hydrogen-bond acceptors (Lipinski definition) is 22. The zero-order chi connectivity index (χ0) is 71.8. The van der Waals surface area contributed by atoms with Crippen molar-refractivity contribution in [1.82, 2.24) is 63.1 Å². The van der Waals surface area contributed by atoms with Gasteiger partial charge in [-0.3, -0.25) is 57.5 Å².